The van der Waals surface area contributed by atoms with Gasteiger partial charge in [0.05, 0.1) is 10.6 Å². The summed E-state index contributed by atoms with van der Waals surface area (Å²) in [6.07, 6.45) is 0.268. The highest BCUT2D eigenvalue weighted by atomic mass is 32.2. The van der Waals surface area contributed by atoms with Crippen LogP contribution >= 0.6 is 0 Å². The average Bonchev–Trinajstić information content (AvgIpc) is 2.91. The molecule has 10 heteroatoms. The van der Waals surface area contributed by atoms with E-state index in [1.807, 2.05) is 20.9 Å². The highest BCUT2D eigenvalue weighted by Gasteiger charge is 2.18. The summed E-state index contributed by atoms with van der Waals surface area (Å²) < 4.78 is 29.5. The number of hydrogen-bond acceptors (Lipinski definition) is 6. The summed E-state index contributed by atoms with van der Waals surface area (Å²) >= 11 is 0. The number of primary sulfonamides is 1. The lowest BCUT2D eigenvalue weighted by atomic mass is 10.1. The second-order valence-corrected chi connectivity index (χ2v) is 8.70. The van der Waals surface area contributed by atoms with E-state index in [2.05, 4.69) is 10.4 Å². The van der Waals surface area contributed by atoms with Crippen molar-refractivity contribution in [3.63, 3.8) is 0 Å². The predicted molar refractivity (Wildman–Crippen MR) is 111 cm³/mol. The molecule has 2 rings (SSSR count). The number of hydrogen-bond donors (Lipinski definition) is 2. The molecule has 1 atom stereocenters. The third-order valence-electron chi connectivity index (χ3n) is 4.88. The first-order valence-electron chi connectivity index (χ1n) is 9.57. The lowest BCUT2D eigenvalue weighted by Crippen LogP contribution is -2.37. The fraction of sp³-hybridized carbons (Fsp3) is 0.450. The summed E-state index contributed by atoms with van der Waals surface area (Å²) in [7, 11) is -1.87. The first kappa shape index (κ1) is 23.6. The molecule has 2 aromatic rings. The van der Waals surface area contributed by atoms with Crippen molar-refractivity contribution in [3.05, 3.63) is 46.8 Å². The number of aryl methyl sites for hydroxylation is 2. The van der Waals surface area contributed by atoms with Crippen LogP contribution in [0.2, 0.25) is 0 Å². The number of sulfonamides is 1. The lowest BCUT2D eigenvalue weighted by Gasteiger charge is -2.13. The predicted octanol–water partition coefficient (Wildman–Crippen LogP) is 0.908. The summed E-state index contributed by atoms with van der Waals surface area (Å²) in [5, 5.41) is 12.1. The Morgan fingerprint density at radius 2 is 1.83 bits per heavy atom. The van der Waals surface area contributed by atoms with Crippen molar-refractivity contribution in [1.29, 1.82) is 0 Å². The van der Waals surface area contributed by atoms with Crippen molar-refractivity contribution < 1.29 is 22.7 Å². The van der Waals surface area contributed by atoms with Gasteiger partial charge in [0.15, 0.2) is 6.10 Å². The average molecular weight is 437 g/mol. The van der Waals surface area contributed by atoms with Gasteiger partial charge in [-0.05, 0) is 56.9 Å². The number of carbonyl (C=O) groups is 2. The highest BCUT2D eigenvalue weighted by molar-refractivity contribution is 7.89. The maximum atomic E-state index is 12.1. The van der Waals surface area contributed by atoms with Gasteiger partial charge < -0.3 is 10.1 Å². The zero-order valence-electron chi connectivity index (χ0n) is 17.6. The van der Waals surface area contributed by atoms with Gasteiger partial charge in [0.25, 0.3) is 5.91 Å². The van der Waals surface area contributed by atoms with E-state index in [1.165, 1.54) is 19.1 Å². The molecule has 9 nitrogen and oxygen atoms in total. The zero-order chi connectivity index (χ0) is 22.5. The third kappa shape index (κ3) is 6.39. The Kier molecular flexibility index (Phi) is 7.74. The molecule has 0 radical (unpaired) electrons. The Morgan fingerprint density at radius 3 is 2.37 bits per heavy atom. The fourth-order valence-corrected chi connectivity index (χ4v) is 3.55. The topological polar surface area (TPSA) is 133 Å². The molecule has 0 aliphatic rings. The van der Waals surface area contributed by atoms with Crippen LogP contribution in [0.15, 0.2) is 29.2 Å². The van der Waals surface area contributed by atoms with E-state index < -0.39 is 28.0 Å². The fourth-order valence-electron chi connectivity index (χ4n) is 3.04. The second kappa shape index (κ2) is 9.86. The van der Waals surface area contributed by atoms with Crippen molar-refractivity contribution in [2.45, 2.75) is 51.0 Å². The Bertz CT molecular complexity index is 1010. The minimum absolute atomic E-state index is 0.0347. The number of nitrogens with two attached hydrogens (primary N) is 1. The number of nitrogens with zero attached hydrogens (tertiary/aromatic N) is 2. The van der Waals surface area contributed by atoms with Gasteiger partial charge in [-0.3, -0.25) is 14.3 Å². The van der Waals surface area contributed by atoms with Crippen molar-refractivity contribution in [2.24, 2.45) is 12.2 Å². The molecule has 1 amide bonds. The van der Waals surface area contributed by atoms with E-state index in [1.54, 1.807) is 16.8 Å². The van der Waals surface area contributed by atoms with Crippen molar-refractivity contribution >= 4 is 21.9 Å². The van der Waals surface area contributed by atoms with Crippen LogP contribution in [0.5, 0.6) is 0 Å². The van der Waals surface area contributed by atoms with E-state index in [9.17, 15) is 18.0 Å². The SMILES string of the molecule is Cc1nn(C)c(C)c1CCC(=O)OC(C)C(=O)NCCc1ccc(S(N)(=O)=O)cc1. The molecule has 164 valence electrons. The molecule has 0 saturated carbocycles. The van der Waals surface area contributed by atoms with Crippen LogP contribution in [-0.2, 0) is 44.2 Å². The molecular weight excluding hydrogens is 408 g/mol. The maximum Gasteiger partial charge on any atom is 0.306 e. The molecule has 0 aliphatic heterocycles. The molecule has 1 aromatic heterocycles. The first-order valence-corrected chi connectivity index (χ1v) is 11.1. The maximum absolute atomic E-state index is 12.1. The van der Waals surface area contributed by atoms with Gasteiger partial charge in [-0.2, -0.15) is 5.10 Å². The number of nitrogens with one attached hydrogen (secondary N) is 1. The van der Waals surface area contributed by atoms with E-state index >= 15 is 0 Å². The number of carbonyl (C=O) groups excluding carboxylic acids is 2. The van der Waals surface area contributed by atoms with E-state index in [4.69, 9.17) is 9.88 Å². The van der Waals surface area contributed by atoms with Crippen LogP contribution in [0, 0.1) is 13.8 Å². The number of rotatable bonds is 9. The summed E-state index contributed by atoms with van der Waals surface area (Å²) in [6.45, 7) is 5.68. The van der Waals surface area contributed by atoms with Crippen molar-refractivity contribution in [1.82, 2.24) is 15.1 Å². The van der Waals surface area contributed by atoms with Crippen LogP contribution in [0.3, 0.4) is 0 Å². The van der Waals surface area contributed by atoms with Gasteiger partial charge in [0.1, 0.15) is 0 Å². The van der Waals surface area contributed by atoms with Crippen LogP contribution in [0.4, 0.5) is 0 Å². The lowest BCUT2D eigenvalue weighted by molar-refractivity contribution is -0.154. The molecule has 30 heavy (non-hydrogen) atoms. The van der Waals surface area contributed by atoms with Gasteiger partial charge in [0.2, 0.25) is 10.0 Å². The molecule has 0 saturated heterocycles. The minimum atomic E-state index is -3.73. The largest absolute Gasteiger partial charge is 0.453 e. The Balaban J connectivity index is 1.75. The Morgan fingerprint density at radius 1 is 1.20 bits per heavy atom. The number of ether oxygens (including phenoxy) is 1. The van der Waals surface area contributed by atoms with Gasteiger partial charge in [-0.1, -0.05) is 12.1 Å². The number of esters is 1. The molecule has 1 heterocycles. The van der Waals surface area contributed by atoms with Crippen LogP contribution in [0.25, 0.3) is 0 Å². The van der Waals surface area contributed by atoms with Gasteiger partial charge in [-0.15, -0.1) is 0 Å². The molecule has 0 spiro atoms. The first-order chi connectivity index (χ1) is 14.0. The molecule has 0 aliphatic carbocycles. The minimum Gasteiger partial charge on any atom is -0.453 e. The molecule has 1 unspecified atom stereocenters. The van der Waals surface area contributed by atoms with Gasteiger partial charge in [-0.25, -0.2) is 13.6 Å². The number of amides is 1. The van der Waals surface area contributed by atoms with E-state index in [-0.39, 0.29) is 11.3 Å². The molecule has 0 bridgehead atoms. The third-order valence-corrected chi connectivity index (χ3v) is 5.81. The highest BCUT2D eigenvalue weighted by Crippen LogP contribution is 2.14. The molecular formula is C20H28N4O5S. The van der Waals surface area contributed by atoms with Crippen LogP contribution < -0.4 is 10.5 Å². The second-order valence-electron chi connectivity index (χ2n) is 7.14. The number of aromatic nitrogens is 2. The summed E-state index contributed by atoms with van der Waals surface area (Å²) in [4.78, 5) is 24.3. The van der Waals surface area contributed by atoms with Gasteiger partial charge >= 0.3 is 5.97 Å². The smallest absolute Gasteiger partial charge is 0.306 e. The standard InChI is InChI=1S/C20H28N4O5S/c1-13-18(14(2)24(4)23-13)9-10-19(25)29-15(3)20(26)22-12-11-16-5-7-17(8-6-16)30(21,27)28/h5-8,15H,9-12H2,1-4H3,(H,22,26)(H2,21,27,28). The summed E-state index contributed by atoms with van der Waals surface area (Å²) in [5.41, 5.74) is 3.74. The summed E-state index contributed by atoms with van der Waals surface area (Å²) in [6, 6.07) is 6.11. The Hall–Kier alpha value is -2.72. The van der Waals surface area contributed by atoms with Gasteiger partial charge in [0, 0.05) is 25.7 Å². The summed E-state index contributed by atoms with van der Waals surface area (Å²) in [5.74, 6) is -0.836. The number of benzene rings is 1. The Labute approximate surface area is 176 Å². The quantitative estimate of drug-likeness (QED) is 0.561. The van der Waals surface area contributed by atoms with E-state index in [0.29, 0.717) is 19.4 Å². The van der Waals surface area contributed by atoms with Crippen LogP contribution in [-0.4, -0.2) is 42.7 Å². The monoisotopic (exact) mass is 436 g/mol. The van der Waals surface area contributed by atoms with E-state index in [0.717, 1.165) is 22.5 Å². The van der Waals surface area contributed by atoms with Crippen molar-refractivity contribution in [3.8, 4) is 0 Å². The molecule has 1 aromatic carbocycles. The molecule has 0 fully saturated rings. The zero-order valence-corrected chi connectivity index (χ0v) is 18.5. The van der Waals surface area contributed by atoms with Crippen molar-refractivity contribution in [2.75, 3.05) is 6.54 Å². The molecule has 3 N–H and O–H groups in total. The normalized spacial score (nSPS) is 12.4. The van der Waals surface area contributed by atoms with Crippen LogP contribution in [0.1, 0.15) is 35.9 Å².